The lowest BCUT2D eigenvalue weighted by atomic mass is 10.1. The van der Waals surface area contributed by atoms with Crippen molar-refractivity contribution < 1.29 is 23.9 Å². The number of benzene rings is 1. The number of nitrogens with zero attached hydrogens (tertiary/aromatic N) is 2. The van der Waals surface area contributed by atoms with Gasteiger partial charge in [-0.25, -0.2) is 14.6 Å². The molecule has 1 aromatic rings. The van der Waals surface area contributed by atoms with Gasteiger partial charge in [0.25, 0.3) is 5.91 Å². The van der Waals surface area contributed by atoms with Gasteiger partial charge < -0.3 is 14.8 Å². The maximum atomic E-state index is 12.4. The molecule has 0 aliphatic carbocycles. The fourth-order valence-electron chi connectivity index (χ4n) is 2.47. The Bertz CT molecular complexity index is 715. The number of hydrogen-bond acceptors (Lipinski definition) is 6. The van der Waals surface area contributed by atoms with E-state index in [1.165, 1.54) is 5.01 Å². The summed E-state index contributed by atoms with van der Waals surface area (Å²) in [5, 5.41) is 10.0. The quantitative estimate of drug-likeness (QED) is 0.593. The highest BCUT2D eigenvalue weighted by Crippen LogP contribution is 2.13. The molecule has 0 saturated carbocycles. The number of carbonyl (C=O) groups excluding carboxylic acids is 3. The van der Waals surface area contributed by atoms with Crippen molar-refractivity contribution >= 4 is 24.4 Å². The highest BCUT2D eigenvalue weighted by Gasteiger charge is 2.31. The van der Waals surface area contributed by atoms with Gasteiger partial charge in [-0.2, -0.15) is 5.10 Å². The minimum absolute atomic E-state index is 0.130. The Morgan fingerprint density at radius 3 is 2.64 bits per heavy atom. The molecule has 2 rings (SSSR count). The third kappa shape index (κ3) is 7.26. The largest absolute Gasteiger partial charge is 0.444 e. The van der Waals surface area contributed by atoms with Crippen LogP contribution in [0.3, 0.4) is 0 Å². The first-order chi connectivity index (χ1) is 13.2. The summed E-state index contributed by atoms with van der Waals surface area (Å²) in [5.74, 6) is -0.368. The molecule has 0 spiro atoms. The topological polar surface area (TPSA) is 109 Å². The Labute approximate surface area is 164 Å². The molecule has 0 bridgehead atoms. The van der Waals surface area contributed by atoms with Crippen LogP contribution < -0.4 is 10.6 Å². The number of rotatable bonds is 5. The van der Waals surface area contributed by atoms with Crippen LogP contribution in [0.5, 0.6) is 0 Å². The molecule has 2 N–H and O–H groups in total. The van der Waals surface area contributed by atoms with E-state index in [2.05, 4.69) is 15.7 Å². The van der Waals surface area contributed by atoms with Crippen molar-refractivity contribution in [2.24, 2.45) is 5.10 Å². The average Bonchev–Trinajstić information content (AvgIpc) is 2.62. The van der Waals surface area contributed by atoms with Crippen LogP contribution in [0.25, 0.3) is 0 Å². The lowest BCUT2D eigenvalue weighted by Gasteiger charge is -2.29. The van der Waals surface area contributed by atoms with Crippen LogP contribution in [0.15, 0.2) is 35.4 Å². The molecule has 1 atom stereocenters. The van der Waals surface area contributed by atoms with Crippen molar-refractivity contribution in [3.8, 4) is 0 Å². The van der Waals surface area contributed by atoms with Gasteiger partial charge in [0.05, 0.1) is 0 Å². The second-order valence-electron chi connectivity index (χ2n) is 7.25. The Hall–Kier alpha value is -3.10. The Balaban J connectivity index is 1.78. The van der Waals surface area contributed by atoms with E-state index in [1.54, 1.807) is 20.8 Å². The molecular formula is C19H26N4O5. The van der Waals surface area contributed by atoms with Crippen LogP contribution in [-0.4, -0.2) is 47.6 Å². The first-order valence-electron chi connectivity index (χ1n) is 9.05. The first-order valence-corrected chi connectivity index (χ1v) is 9.05. The zero-order valence-electron chi connectivity index (χ0n) is 16.3. The molecule has 152 valence electrons. The number of hydrogen-bond donors (Lipinski definition) is 2. The summed E-state index contributed by atoms with van der Waals surface area (Å²) < 4.78 is 10.2. The third-order valence-electron chi connectivity index (χ3n) is 3.70. The second-order valence-corrected chi connectivity index (χ2v) is 7.25. The number of piperidine rings is 1. The van der Waals surface area contributed by atoms with E-state index in [0.717, 1.165) is 11.9 Å². The van der Waals surface area contributed by atoms with Gasteiger partial charge in [0, 0.05) is 6.54 Å². The lowest BCUT2D eigenvalue weighted by molar-refractivity contribution is -0.135. The average molecular weight is 390 g/mol. The van der Waals surface area contributed by atoms with Gasteiger partial charge >= 0.3 is 12.2 Å². The summed E-state index contributed by atoms with van der Waals surface area (Å²) in [7, 11) is 0. The molecular weight excluding hydrogens is 364 g/mol. The molecule has 9 nitrogen and oxygen atoms in total. The predicted octanol–water partition coefficient (Wildman–Crippen LogP) is 2.37. The molecule has 1 unspecified atom stereocenters. The molecule has 1 fully saturated rings. The summed E-state index contributed by atoms with van der Waals surface area (Å²) in [5.41, 5.74) is 0.209. The van der Waals surface area contributed by atoms with Crippen LogP contribution in [0.4, 0.5) is 9.59 Å². The fourth-order valence-corrected chi connectivity index (χ4v) is 2.47. The minimum atomic E-state index is -0.717. The molecule has 0 aromatic heterocycles. The van der Waals surface area contributed by atoms with Crippen LogP contribution in [0.1, 0.15) is 39.2 Å². The van der Waals surface area contributed by atoms with Crippen molar-refractivity contribution in [2.75, 3.05) is 6.54 Å². The number of carbonyl (C=O) groups is 3. The first kappa shape index (κ1) is 21.2. The standard InChI is InChI=1S/C19H26N4O5/c1-19(2,3)28-18(26)22-15-10-7-11-23(16(15)24)21-13-20-17(25)27-12-14-8-5-4-6-9-14/h4-6,8-9,13,15H,7,10-12H2,1-3H3,(H,22,26)(H,20,21,25). The van der Waals surface area contributed by atoms with E-state index >= 15 is 0 Å². The molecule has 1 heterocycles. The second kappa shape index (κ2) is 9.72. The molecule has 3 amide bonds. The summed E-state index contributed by atoms with van der Waals surface area (Å²) in [6, 6.07) is 8.53. The highest BCUT2D eigenvalue weighted by molar-refractivity contribution is 5.87. The van der Waals surface area contributed by atoms with Crippen LogP contribution >= 0.6 is 0 Å². The van der Waals surface area contributed by atoms with Crippen LogP contribution in [0.2, 0.25) is 0 Å². The van der Waals surface area contributed by atoms with Crippen molar-refractivity contribution in [1.82, 2.24) is 15.6 Å². The number of ether oxygens (including phenoxy) is 2. The zero-order chi connectivity index (χ0) is 20.6. The van der Waals surface area contributed by atoms with Crippen molar-refractivity contribution in [3.63, 3.8) is 0 Å². The molecule has 28 heavy (non-hydrogen) atoms. The minimum Gasteiger partial charge on any atom is -0.444 e. The maximum absolute atomic E-state index is 12.4. The van der Waals surface area contributed by atoms with Crippen molar-refractivity contribution in [2.45, 2.75) is 51.9 Å². The van der Waals surface area contributed by atoms with Crippen LogP contribution in [0, 0.1) is 0 Å². The third-order valence-corrected chi connectivity index (χ3v) is 3.70. The number of alkyl carbamates (subject to hydrolysis) is 2. The molecule has 1 saturated heterocycles. The number of hydrazone groups is 1. The Kier molecular flexibility index (Phi) is 7.36. The SMILES string of the molecule is CC(C)(C)OC(=O)NC1CCCN(N=CNC(=O)OCc2ccccc2)C1=O. The van der Waals surface area contributed by atoms with Crippen molar-refractivity contribution in [3.05, 3.63) is 35.9 Å². The fraction of sp³-hybridized carbons (Fsp3) is 0.474. The zero-order valence-corrected chi connectivity index (χ0v) is 16.3. The van der Waals surface area contributed by atoms with E-state index in [4.69, 9.17) is 9.47 Å². The van der Waals surface area contributed by atoms with E-state index in [0.29, 0.717) is 19.4 Å². The van der Waals surface area contributed by atoms with Gasteiger partial charge in [-0.15, -0.1) is 0 Å². The molecule has 1 aliphatic heterocycles. The normalized spacial score (nSPS) is 17.3. The van der Waals surface area contributed by atoms with Gasteiger partial charge in [-0.1, -0.05) is 30.3 Å². The molecule has 1 aliphatic rings. The molecule has 9 heteroatoms. The van der Waals surface area contributed by atoms with Gasteiger partial charge in [0.1, 0.15) is 24.6 Å². The number of amides is 3. The number of nitrogens with one attached hydrogen (secondary N) is 2. The summed E-state index contributed by atoms with van der Waals surface area (Å²) >= 11 is 0. The van der Waals surface area contributed by atoms with Crippen LogP contribution in [-0.2, 0) is 20.9 Å². The predicted molar refractivity (Wildman–Crippen MR) is 102 cm³/mol. The Morgan fingerprint density at radius 1 is 1.25 bits per heavy atom. The highest BCUT2D eigenvalue weighted by atomic mass is 16.6. The summed E-state index contributed by atoms with van der Waals surface area (Å²) in [6.07, 6.45) is 0.916. The Morgan fingerprint density at radius 2 is 1.96 bits per heavy atom. The van der Waals surface area contributed by atoms with Gasteiger partial charge in [-0.05, 0) is 39.2 Å². The van der Waals surface area contributed by atoms with E-state index in [1.807, 2.05) is 30.3 Å². The van der Waals surface area contributed by atoms with E-state index < -0.39 is 23.8 Å². The molecule has 1 aromatic carbocycles. The van der Waals surface area contributed by atoms with E-state index in [9.17, 15) is 14.4 Å². The monoisotopic (exact) mass is 390 g/mol. The maximum Gasteiger partial charge on any atom is 0.412 e. The van der Waals surface area contributed by atoms with Gasteiger partial charge in [0.2, 0.25) is 0 Å². The summed E-state index contributed by atoms with van der Waals surface area (Å²) in [6.45, 7) is 5.75. The summed E-state index contributed by atoms with van der Waals surface area (Å²) in [4.78, 5) is 35.9. The van der Waals surface area contributed by atoms with Gasteiger partial charge in [-0.3, -0.25) is 10.1 Å². The van der Waals surface area contributed by atoms with Crippen molar-refractivity contribution in [1.29, 1.82) is 0 Å². The molecule has 0 radical (unpaired) electrons. The van der Waals surface area contributed by atoms with Gasteiger partial charge in [0.15, 0.2) is 0 Å². The lowest BCUT2D eigenvalue weighted by Crippen LogP contribution is -2.51. The van der Waals surface area contributed by atoms with E-state index in [-0.39, 0.29) is 12.5 Å². The smallest absolute Gasteiger partial charge is 0.412 e.